The van der Waals surface area contributed by atoms with Crippen LogP contribution >= 0.6 is 0 Å². The van der Waals surface area contributed by atoms with Gasteiger partial charge < -0.3 is 5.11 Å². The molecule has 1 N–H and O–H groups in total. The van der Waals surface area contributed by atoms with E-state index in [0.29, 0.717) is 12.0 Å². The van der Waals surface area contributed by atoms with E-state index in [1.807, 2.05) is 6.07 Å². The first-order valence-corrected chi connectivity index (χ1v) is 4.91. The zero-order valence-electron chi connectivity index (χ0n) is 9.14. The van der Waals surface area contributed by atoms with Gasteiger partial charge in [0, 0.05) is 11.6 Å². The van der Waals surface area contributed by atoms with E-state index in [2.05, 4.69) is 0 Å². The van der Waals surface area contributed by atoms with E-state index in [0.717, 1.165) is 6.07 Å². The SMILES string of the molecule is CCc1cc(CC(=O)O)c([N+](=O)[O-])cc1C#N. The third kappa shape index (κ3) is 2.78. The molecular formula is C11H10N2O4. The minimum atomic E-state index is -1.14. The van der Waals surface area contributed by atoms with Crippen molar-refractivity contribution in [1.29, 1.82) is 5.26 Å². The van der Waals surface area contributed by atoms with Gasteiger partial charge in [-0.15, -0.1) is 0 Å². The van der Waals surface area contributed by atoms with Crippen LogP contribution in [-0.2, 0) is 17.6 Å². The summed E-state index contributed by atoms with van der Waals surface area (Å²) in [6.07, 6.45) is 0.0997. The van der Waals surface area contributed by atoms with Crippen LogP contribution in [0.15, 0.2) is 12.1 Å². The Bertz CT molecular complexity index is 517. The fourth-order valence-corrected chi connectivity index (χ4v) is 1.56. The Kier molecular flexibility index (Phi) is 3.78. The van der Waals surface area contributed by atoms with Crippen molar-refractivity contribution in [3.8, 4) is 6.07 Å². The largest absolute Gasteiger partial charge is 0.481 e. The van der Waals surface area contributed by atoms with Gasteiger partial charge in [0.2, 0.25) is 0 Å². The van der Waals surface area contributed by atoms with Gasteiger partial charge in [-0.2, -0.15) is 5.26 Å². The Morgan fingerprint density at radius 1 is 1.53 bits per heavy atom. The maximum atomic E-state index is 10.8. The predicted octanol–water partition coefficient (Wildman–Crippen LogP) is 1.66. The lowest BCUT2D eigenvalue weighted by Crippen LogP contribution is -2.05. The average Bonchev–Trinajstić information content (AvgIpc) is 2.27. The summed E-state index contributed by atoms with van der Waals surface area (Å²) in [4.78, 5) is 20.7. The molecule has 1 aromatic rings. The molecule has 0 unspecified atom stereocenters. The first-order valence-electron chi connectivity index (χ1n) is 4.91. The number of hydrogen-bond acceptors (Lipinski definition) is 4. The lowest BCUT2D eigenvalue weighted by atomic mass is 9.99. The molecule has 0 aliphatic rings. The standard InChI is InChI=1S/C11H10N2O4/c1-2-7-3-8(5-11(14)15)10(13(16)17)4-9(7)6-12/h3-4H,2,5H2,1H3,(H,14,15). The summed E-state index contributed by atoms with van der Waals surface area (Å²) in [7, 11) is 0. The van der Waals surface area contributed by atoms with Crippen molar-refractivity contribution in [1.82, 2.24) is 0 Å². The van der Waals surface area contributed by atoms with Gasteiger partial charge in [-0.05, 0) is 18.1 Å². The number of carbonyl (C=O) groups is 1. The highest BCUT2D eigenvalue weighted by molar-refractivity contribution is 5.72. The molecule has 0 saturated heterocycles. The van der Waals surface area contributed by atoms with E-state index in [-0.39, 0.29) is 16.8 Å². The summed E-state index contributed by atoms with van der Waals surface area (Å²) < 4.78 is 0. The summed E-state index contributed by atoms with van der Waals surface area (Å²) in [6.45, 7) is 1.80. The smallest absolute Gasteiger partial charge is 0.308 e. The van der Waals surface area contributed by atoms with Gasteiger partial charge in [-0.1, -0.05) is 6.92 Å². The van der Waals surface area contributed by atoms with Gasteiger partial charge in [0.15, 0.2) is 0 Å². The molecular weight excluding hydrogens is 224 g/mol. The molecule has 0 saturated carbocycles. The predicted molar refractivity (Wildman–Crippen MR) is 58.5 cm³/mol. The van der Waals surface area contributed by atoms with Crippen LogP contribution in [0.5, 0.6) is 0 Å². The number of nitriles is 1. The van der Waals surface area contributed by atoms with Crippen LogP contribution in [0.4, 0.5) is 5.69 Å². The Morgan fingerprint density at radius 2 is 2.18 bits per heavy atom. The van der Waals surface area contributed by atoms with E-state index in [9.17, 15) is 14.9 Å². The molecule has 0 aliphatic carbocycles. The molecule has 0 spiro atoms. The molecule has 1 rings (SSSR count). The van der Waals surface area contributed by atoms with Crippen molar-refractivity contribution in [2.75, 3.05) is 0 Å². The van der Waals surface area contributed by atoms with Crippen molar-refractivity contribution in [3.63, 3.8) is 0 Å². The van der Waals surface area contributed by atoms with Crippen LogP contribution in [0.1, 0.15) is 23.6 Å². The number of hydrogen-bond donors (Lipinski definition) is 1. The summed E-state index contributed by atoms with van der Waals surface area (Å²) in [6, 6.07) is 4.43. The highest BCUT2D eigenvalue weighted by atomic mass is 16.6. The second-order valence-electron chi connectivity index (χ2n) is 3.43. The van der Waals surface area contributed by atoms with Crippen molar-refractivity contribution < 1.29 is 14.8 Å². The maximum Gasteiger partial charge on any atom is 0.308 e. The Hall–Kier alpha value is -2.42. The quantitative estimate of drug-likeness (QED) is 0.630. The van der Waals surface area contributed by atoms with E-state index >= 15 is 0 Å². The van der Waals surface area contributed by atoms with Gasteiger partial charge in [-0.3, -0.25) is 14.9 Å². The lowest BCUT2D eigenvalue weighted by Gasteiger charge is -2.05. The molecule has 1 aromatic carbocycles. The van der Waals surface area contributed by atoms with E-state index in [4.69, 9.17) is 10.4 Å². The number of rotatable bonds is 4. The number of aryl methyl sites for hydroxylation is 1. The zero-order chi connectivity index (χ0) is 13.0. The Labute approximate surface area is 97.3 Å². The fourth-order valence-electron chi connectivity index (χ4n) is 1.56. The minimum Gasteiger partial charge on any atom is -0.481 e. The molecule has 0 fully saturated rings. The normalized spacial score (nSPS) is 9.65. The number of benzene rings is 1. The number of carboxylic acid groups (broad SMARTS) is 1. The first kappa shape index (κ1) is 12.6. The molecule has 0 aliphatic heterocycles. The summed E-state index contributed by atoms with van der Waals surface area (Å²) >= 11 is 0. The van der Waals surface area contributed by atoms with Gasteiger partial charge in [-0.25, -0.2) is 0 Å². The summed E-state index contributed by atoms with van der Waals surface area (Å²) in [5.41, 5.74) is 0.641. The molecule has 0 radical (unpaired) electrons. The molecule has 6 heteroatoms. The topological polar surface area (TPSA) is 104 Å². The molecule has 0 aromatic heterocycles. The van der Waals surface area contributed by atoms with E-state index < -0.39 is 17.3 Å². The van der Waals surface area contributed by atoms with Gasteiger partial charge >= 0.3 is 5.97 Å². The number of carboxylic acids is 1. The summed E-state index contributed by atoms with van der Waals surface area (Å²) in [5.74, 6) is -1.14. The van der Waals surface area contributed by atoms with Crippen molar-refractivity contribution in [2.45, 2.75) is 19.8 Å². The molecule has 17 heavy (non-hydrogen) atoms. The minimum absolute atomic E-state index is 0.123. The Balaban J connectivity index is 3.41. The second-order valence-corrected chi connectivity index (χ2v) is 3.43. The summed E-state index contributed by atoms with van der Waals surface area (Å²) in [5, 5.41) is 28.3. The number of nitro groups is 1. The zero-order valence-corrected chi connectivity index (χ0v) is 9.14. The Morgan fingerprint density at radius 3 is 2.59 bits per heavy atom. The van der Waals surface area contributed by atoms with Crippen LogP contribution in [0.3, 0.4) is 0 Å². The molecule has 88 valence electrons. The van der Waals surface area contributed by atoms with Crippen LogP contribution in [0.25, 0.3) is 0 Å². The molecule has 0 atom stereocenters. The third-order valence-electron chi connectivity index (χ3n) is 2.34. The number of nitrogens with zero attached hydrogens (tertiary/aromatic N) is 2. The maximum absolute atomic E-state index is 10.8. The van der Waals surface area contributed by atoms with Crippen molar-refractivity contribution in [3.05, 3.63) is 38.9 Å². The number of nitro benzene ring substituents is 1. The molecule has 0 heterocycles. The van der Waals surface area contributed by atoms with E-state index in [1.54, 1.807) is 6.92 Å². The molecule has 0 bridgehead atoms. The molecule has 0 amide bonds. The second kappa shape index (κ2) is 5.07. The van der Waals surface area contributed by atoms with Crippen molar-refractivity contribution >= 4 is 11.7 Å². The average molecular weight is 234 g/mol. The van der Waals surface area contributed by atoms with Crippen LogP contribution in [0.2, 0.25) is 0 Å². The lowest BCUT2D eigenvalue weighted by molar-refractivity contribution is -0.385. The highest BCUT2D eigenvalue weighted by Gasteiger charge is 2.19. The third-order valence-corrected chi connectivity index (χ3v) is 2.34. The van der Waals surface area contributed by atoms with Crippen LogP contribution < -0.4 is 0 Å². The van der Waals surface area contributed by atoms with Crippen molar-refractivity contribution in [2.24, 2.45) is 0 Å². The van der Waals surface area contributed by atoms with E-state index in [1.165, 1.54) is 6.07 Å². The van der Waals surface area contributed by atoms with Crippen LogP contribution in [0, 0.1) is 21.4 Å². The van der Waals surface area contributed by atoms with Gasteiger partial charge in [0.1, 0.15) is 0 Å². The van der Waals surface area contributed by atoms with Gasteiger partial charge in [0.25, 0.3) is 5.69 Å². The first-order chi connectivity index (χ1) is 7.99. The van der Waals surface area contributed by atoms with Crippen LogP contribution in [-0.4, -0.2) is 16.0 Å². The molecule has 6 nitrogen and oxygen atoms in total. The highest BCUT2D eigenvalue weighted by Crippen LogP contribution is 2.24. The fraction of sp³-hybridized carbons (Fsp3) is 0.273. The number of aliphatic carboxylic acids is 1. The van der Waals surface area contributed by atoms with Gasteiger partial charge in [0.05, 0.1) is 23.0 Å². The monoisotopic (exact) mass is 234 g/mol.